The molecular weight excluding hydrogens is 336 g/mol. The number of carbonyl (C=O) groups excluding carboxylic acids is 2. The second kappa shape index (κ2) is 7.67. The lowest BCUT2D eigenvalue weighted by Crippen LogP contribution is -2.45. The van der Waals surface area contributed by atoms with Crippen molar-refractivity contribution in [3.63, 3.8) is 0 Å². The maximum atomic E-state index is 12.7. The second-order valence-electron chi connectivity index (χ2n) is 6.23. The van der Waals surface area contributed by atoms with Crippen LogP contribution in [0.25, 0.3) is 10.4 Å². The largest absolute Gasteiger partial charge is 0.351 e. The van der Waals surface area contributed by atoms with E-state index in [0.717, 1.165) is 36.4 Å². The molecule has 1 aliphatic rings. The average Bonchev–Trinajstić information content (AvgIpc) is 2.99. The first-order chi connectivity index (χ1) is 12.0. The van der Waals surface area contributed by atoms with Gasteiger partial charge in [-0.25, -0.2) is 4.79 Å². The van der Waals surface area contributed by atoms with Crippen molar-refractivity contribution in [1.82, 2.24) is 10.6 Å². The van der Waals surface area contributed by atoms with Crippen molar-refractivity contribution >= 4 is 28.3 Å². The highest BCUT2D eigenvalue weighted by molar-refractivity contribution is 7.20. The fourth-order valence-corrected chi connectivity index (χ4v) is 3.93. The van der Waals surface area contributed by atoms with Gasteiger partial charge in [-0.15, -0.1) is 11.3 Å². The molecule has 6 nitrogen and oxygen atoms in total. The molecule has 1 saturated heterocycles. The highest BCUT2D eigenvalue weighted by atomic mass is 32.1. The Hall–Kier alpha value is -2.38. The van der Waals surface area contributed by atoms with Crippen LogP contribution in [0, 0.1) is 6.92 Å². The monoisotopic (exact) mass is 358 g/mol. The molecular formula is C18H22N4O2S. The molecule has 7 heteroatoms. The molecule has 0 aliphatic carbocycles. The standard InChI is InChI=1S/C18H22N4O2S/c1-11-4-6-12(7-5-11)15-9-14(17(25-15)22-18(19)24)16(23)21-13-3-2-8-20-10-13/h4-7,9,13,20H,2-3,8,10H2,1H3,(H,21,23)(H3,19,22,24)/t13-/m0/s1. The summed E-state index contributed by atoms with van der Waals surface area (Å²) in [5, 5.41) is 9.36. The van der Waals surface area contributed by atoms with E-state index in [1.165, 1.54) is 16.9 Å². The van der Waals surface area contributed by atoms with Crippen molar-refractivity contribution in [3.05, 3.63) is 41.5 Å². The maximum absolute atomic E-state index is 12.7. The Bertz CT molecular complexity index is 764. The molecule has 25 heavy (non-hydrogen) atoms. The van der Waals surface area contributed by atoms with Crippen LogP contribution < -0.4 is 21.7 Å². The zero-order valence-corrected chi connectivity index (χ0v) is 14.9. The van der Waals surface area contributed by atoms with E-state index in [1.54, 1.807) is 0 Å². The highest BCUT2D eigenvalue weighted by Gasteiger charge is 2.21. The van der Waals surface area contributed by atoms with Crippen molar-refractivity contribution in [2.45, 2.75) is 25.8 Å². The summed E-state index contributed by atoms with van der Waals surface area (Å²) in [4.78, 5) is 24.9. The van der Waals surface area contributed by atoms with Crippen LogP contribution in [0.1, 0.15) is 28.8 Å². The van der Waals surface area contributed by atoms with Gasteiger partial charge in [0.2, 0.25) is 0 Å². The Labute approximate surface area is 150 Å². The Morgan fingerprint density at radius 3 is 2.68 bits per heavy atom. The highest BCUT2D eigenvalue weighted by Crippen LogP contribution is 2.35. The number of nitrogens with one attached hydrogen (secondary N) is 3. The Morgan fingerprint density at radius 1 is 1.28 bits per heavy atom. The average molecular weight is 358 g/mol. The zero-order valence-electron chi connectivity index (χ0n) is 14.1. The SMILES string of the molecule is Cc1ccc(-c2cc(C(=O)N[C@H]3CCCNC3)c(NC(N)=O)s2)cc1. The summed E-state index contributed by atoms with van der Waals surface area (Å²) in [6.45, 7) is 3.77. The molecule has 1 aliphatic heterocycles. The molecule has 1 aromatic carbocycles. The van der Waals surface area contributed by atoms with E-state index >= 15 is 0 Å². The second-order valence-corrected chi connectivity index (χ2v) is 7.28. The van der Waals surface area contributed by atoms with Crippen LogP contribution in [0.4, 0.5) is 9.80 Å². The lowest BCUT2D eigenvalue weighted by molar-refractivity contribution is 0.0932. The van der Waals surface area contributed by atoms with Crippen LogP contribution in [0.3, 0.4) is 0 Å². The number of hydrogen-bond donors (Lipinski definition) is 4. The summed E-state index contributed by atoms with van der Waals surface area (Å²) >= 11 is 1.35. The number of piperidine rings is 1. The van der Waals surface area contributed by atoms with Crippen LogP contribution in [0.2, 0.25) is 0 Å². The number of anilines is 1. The third-order valence-electron chi connectivity index (χ3n) is 4.18. The van der Waals surface area contributed by atoms with E-state index < -0.39 is 6.03 Å². The quantitative estimate of drug-likeness (QED) is 0.676. The van der Waals surface area contributed by atoms with Gasteiger partial charge in [-0.3, -0.25) is 10.1 Å². The molecule has 1 fully saturated rings. The topological polar surface area (TPSA) is 96.2 Å². The third kappa shape index (κ3) is 4.37. The van der Waals surface area contributed by atoms with Crippen LogP contribution in [-0.2, 0) is 0 Å². The number of benzene rings is 1. The normalized spacial score (nSPS) is 17.1. The van der Waals surface area contributed by atoms with Crippen molar-refractivity contribution in [2.75, 3.05) is 18.4 Å². The van der Waals surface area contributed by atoms with Crippen molar-refractivity contribution in [2.24, 2.45) is 5.73 Å². The third-order valence-corrected chi connectivity index (χ3v) is 5.28. The van der Waals surface area contributed by atoms with Gasteiger partial charge in [0.25, 0.3) is 5.91 Å². The van der Waals surface area contributed by atoms with Crippen molar-refractivity contribution in [1.29, 1.82) is 0 Å². The van der Waals surface area contributed by atoms with E-state index in [-0.39, 0.29) is 11.9 Å². The summed E-state index contributed by atoms with van der Waals surface area (Å²) in [5.74, 6) is -0.188. The number of carbonyl (C=O) groups is 2. The van der Waals surface area contributed by atoms with Gasteiger partial charge in [0.15, 0.2) is 0 Å². The lowest BCUT2D eigenvalue weighted by Gasteiger charge is -2.23. The predicted molar refractivity (Wildman–Crippen MR) is 101 cm³/mol. The van der Waals surface area contributed by atoms with E-state index in [1.807, 2.05) is 37.3 Å². The predicted octanol–water partition coefficient (Wildman–Crippen LogP) is 2.70. The van der Waals surface area contributed by atoms with E-state index in [4.69, 9.17) is 5.73 Å². The number of hydrogen-bond acceptors (Lipinski definition) is 4. The number of rotatable bonds is 4. The van der Waals surface area contributed by atoms with Crippen molar-refractivity contribution in [3.8, 4) is 10.4 Å². The molecule has 0 bridgehead atoms. The molecule has 3 amide bonds. The number of primary amides is 1. The molecule has 5 N–H and O–H groups in total. The van der Waals surface area contributed by atoms with Crippen LogP contribution in [-0.4, -0.2) is 31.1 Å². The molecule has 1 aromatic heterocycles. The zero-order chi connectivity index (χ0) is 17.8. The van der Waals surface area contributed by atoms with E-state index in [9.17, 15) is 9.59 Å². The van der Waals surface area contributed by atoms with Gasteiger partial charge >= 0.3 is 6.03 Å². The van der Waals surface area contributed by atoms with Gasteiger partial charge in [-0.2, -0.15) is 0 Å². The van der Waals surface area contributed by atoms with Crippen LogP contribution in [0.5, 0.6) is 0 Å². The minimum atomic E-state index is -0.675. The first-order valence-corrected chi connectivity index (χ1v) is 9.13. The summed E-state index contributed by atoms with van der Waals surface area (Å²) < 4.78 is 0. The lowest BCUT2D eigenvalue weighted by atomic mass is 10.1. The Balaban J connectivity index is 1.86. The minimum Gasteiger partial charge on any atom is -0.351 e. The summed E-state index contributed by atoms with van der Waals surface area (Å²) in [6.07, 6.45) is 1.99. The summed E-state index contributed by atoms with van der Waals surface area (Å²) in [5.41, 5.74) is 7.88. The van der Waals surface area contributed by atoms with Crippen LogP contribution in [0.15, 0.2) is 30.3 Å². The summed E-state index contributed by atoms with van der Waals surface area (Å²) in [7, 11) is 0. The van der Waals surface area contributed by atoms with E-state index in [0.29, 0.717) is 10.6 Å². The van der Waals surface area contributed by atoms with Gasteiger partial charge in [0.05, 0.1) is 5.56 Å². The van der Waals surface area contributed by atoms with Gasteiger partial charge in [-0.1, -0.05) is 29.8 Å². The number of aryl methyl sites for hydroxylation is 1. The fourth-order valence-electron chi connectivity index (χ4n) is 2.86. The van der Waals surface area contributed by atoms with Gasteiger partial charge in [0, 0.05) is 17.5 Å². The molecule has 0 radical (unpaired) electrons. The van der Waals surface area contributed by atoms with Crippen LogP contribution >= 0.6 is 11.3 Å². The minimum absolute atomic E-state index is 0.102. The molecule has 0 saturated carbocycles. The number of nitrogens with two attached hydrogens (primary N) is 1. The van der Waals surface area contributed by atoms with Gasteiger partial charge in [0.1, 0.15) is 5.00 Å². The maximum Gasteiger partial charge on any atom is 0.317 e. The van der Waals surface area contributed by atoms with E-state index in [2.05, 4.69) is 16.0 Å². The van der Waals surface area contributed by atoms with Gasteiger partial charge in [-0.05, 0) is 37.9 Å². The molecule has 2 heterocycles. The smallest absolute Gasteiger partial charge is 0.317 e. The number of amides is 3. The molecule has 0 unspecified atom stereocenters. The molecule has 1 atom stereocenters. The Morgan fingerprint density at radius 2 is 2.04 bits per heavy atom. The molecule has 3 rings (SSSR count). The number of urea groups is 1. The Kier molecular flexibility index (Phi) is 5.35. The first-order valence-electron chi connectivity index (χ1n) is 8.32. The van der Waals surface area contributed by atoms with Crippen molar-refractivity contribution < 1.29 is 9.59 Å². The molecule has 0 spiro atoms. The molecule has 2 aromatic rings. The number of thiophene rings is 1. The van der Waals surface area contributed by atoms with Gasteiger partial charge < -0.3 is 16.4 Å². The molecule has 132 valence electrons. The fraction of sp³-hybridized carbons (Fsp3) is 0.333. The first kappa shape index (κ1) is 17.4. The summed E-state index contributed by atoms with van der Waals surface area (Å²) in [6, 6.07) is 9.28.